The zero-order chi connectivity index (χ0) is 27.6. The maximum Gasteiger partial charge on any atom is 0.207 e. The van der Waals surface area contributed by atoms with Crippen molar-refractivity contribution < 1.29 is 0 Å². The number of benzene rings is 4. The Bertz CT molecular complexity index is 1360. The molecule has 40 heavy (non-hydrogen) atoms. The second-order valence-corrected chi connectivity index (χ2v) is 9.23. The molecule has 0 radical (unpaired) electrons. The molecule has 0 fully saturated rings. The highest BCUT2D eigenvalue weighted by atomic mass is 32.1. The van der Waals surface area contributed by atoms with Gasteiger partial charge in [-0.1, -0.05) is 121 Å². The van der Waals surface area contributed by atoms with Crippen molar-refractivity contribution in [3.63, 3.8) is 0 Å². The molecule has 10 heteroatoms. The van der Waals surface area contributed by atoms with Crippen molar-refractivity contribution in [1.82, 2.24) is 21.7 Å². The second kappa shape index (κ2) is 13.1. The highest BCUT2D eigenvalue weighted by Gasteiger charge is 2.18. The van der Waals surface area contributed by atoms with Crippen LogP contribution in [0.5, 0.6) is 0 Å². The summed E-state index contributed by atoms with van der Waals surface area (Å²) in [6.45, 7) is 0. The first-order chi connectivity index (χ1) is 19.7. The van der Waals surface area contributed by atoms with Crippen LogP contribution < -0.4 is 21.7 Å². The van der Waals surface area contributed by atoms with Crippen molar-refractivity contribution in [3.8, 4) is 0 Å². The molecule has 4 aromatic carbocycles. The van der Waals surface area contributed by atoms with Crippen molar-refractivity contribution in [3.05, 3.63) is 144 Å². The first-order valence-corrected chi connectivity index (χ1v) is 13.2. The van der Waals surface area contributed by atoms with E-state index in [2.05, 4.69) is 42.1 Å². The third kappa shape index (κ3) is 6.68. The average molecular weight is 561 g/mol. The Morgan fingerprint density at radius 1 is 0.325 bits per heavy atom. The van der Waals surface area contributed by atoms with Crippen LogP contribution in [0.15, 0.2) is 142 Å². The van der Waals surface area contributed by atoms with E-state index in [1.54, 1.807) is 0 Å². The van der Waals surface area contributed by atoms with Gasteiger partial charge in [0.05, 0.1) is 0 Å². The van der Waals surface area contributed by atoms with Crippen LogP contribution >= 0.6 is 24.4 Å². The predicted molar refractivity (Wildman–Crippen MR) is 170 cm³/mol. The van der Waals surface area contributed by atoms with Gasteiger partial charge < -0.3 is 0 Å². The fourth-order valence-corrected chi connectivity index (χ4v) is 4.06. The summed E-state index contributed by atoms with van der Waals surface area (Å²) in [6.07, 6.45) is 0. The van der Waals surface area contributed by atoms with Crippen molar-refractivity contribution in [2.45, 2.75) is 0 Å². The van der Waals surface area contributed by atoms with Gasteiger partial charge in [-0.05, 0) is 24.4 Å². The van der Waals surface area contributed by atoms with Crippen molar-refractivity contribution in [1.29, 1.82) is 0 Å². The topological polar surface area (TPSA) is 97.6 Å². The first-order valence-electron chi connectivity index (χ1n) is 12.3. The maximum absolute atomic E-state index is 5.56. The van der Waals surface area contributed by atoms with Gasteiger partial charge in [0.15, 0.2) is 0 Å². The molecule has 1 aliphatic rings. The van der Waals surface area contributed by atoms with E-state index in [4.69, 9.17) is 24.4 Å². The Hall–Kier alpha value is -5.06. The molecule has 0 saturated carbocycles. The zero-order valence-corrected chi connectivity index (χ0v) is 22.8. The fourth-order valence-electron chi connectivity index (χ4n) is 3.88. The quantitative estimate of drug-likeness (QED) is 0.274. The standard InChI is InChI=1S/C30H24N8S2/c39-29-35-31-25(21-13-5-1-6-14-21)26(22-15-7-2-8-16-22)32-36-30(40)38-34-28(24-19-11-4-12-20-24)27(33-37-29)23-17-9-3-10-18-23/h1-20H,(H2,35,37,39)(H2,36,38,40). The minimum Gasteiger partial charge on any atom is -0.252 e. The molecular weight excluding hydrogens is 537 g/mol. The summed E-state index contributed by atoms with van der Waals surface area (Å²) in [6, 6.07) is 38.7. The van der Waals surface area contributed by atoms with Gasteiger partial charge in [-0.15, -0.1) is 0 Å². The molecule has 0 bridgehead atoms. The van der Waals surface area contributed by atoms with Crippen molar-refractivity contribution in [2.75, 3.05) is 0 Å². The first kappa shape index (κ1) is 26.5. The lowest BCUT2D eigenvalue weighted by Gasteiger charge is -2.15. The number of hydrogen-bond donors (Lipinski definition) is 4. The van der Waals surface area contributed by atoms with Crippen LogP contribution in [-0.2, 0) is 0 Å². The van der Waals surface area contributed by atoms with E-state index in [9.17, 15) is 0 Å². The van der Waals surface area contributed by atoms with E-state index in [1.807, 2.05) is 121 Å². The van der Waals surface area contributed by atoms with Crippen molar-refractivity contribution in [2.24, 2.45) is 20.4 Å². The molecule has 0 saturated heterocycles. The van der Waals surface area contributed by atoms with E-state index in [1.165, 1.54) is 0 Å². The molecule has 0 aromatic heterocycles. The van der Waals surface area contributed by atoms with E-state index >= 15 is 0 Å². The average Bonchev–Trinajstić information content (AvgIpc) is 3.01. The van der Waals surface area contributed by atoms with Crippen LogP contribution in [0.2, 0.25) is 0 Å². The monoisotopic (exact) mass is 560 g/mol. The summed E-state index contributed by atoms with van der Waals surface area (Å²) >= 11 is 11.1. The molecule has 4 aromatic rings. The SMILES string of the molecule is S=C1NN=C(c2ccccc2)C(c2ccccc2)=NNC(=S)NN=C(c2ccccc2)C(c2ccccc2)=NN1. The minimum absolute atomic E-state index is 0.190. The Balaban J connectivity index is 1.62. The smallest absolute Gasteiger partial charge is 0.207 e. The summed E-state index contributed by atoms with van der Waals surface area (Å²) in [7, 11) is 0. The van der Waals surface area contributed by atoms with Gasteiger partial charge in [0, 0.05) is 22.3 Å². The van der Waals surface area contributed by atoms with Gasteiger partial charge in [0.2, 0.25) is 10.2 Å². The Morgan fingerprint density at radius 2 is 0.525 bits per heavy atom. The van der Waals surface area contributed by atoms with Gasteiger partial charge >= 0.3 is 0 Å². The molecule has 0 aliphatic carbocycles. The van der Waals surface area contributed by atoms with Crippen LogP contribution in [0.25, 0.3) is 0 Å². The fraction of sp³-hybridized carbons (Fsp3) is 0. The Morgan fingerprint density at radius 3 is 0.725 bits per heavy atom. The number of hydrazone groups is 4. The highest BCUT2D eigenvalue weighted by molar-refractivity contribution is 7.80. The maximum atomic E-state index is 5.56. The molecule has 5 rings (SSSR count). The van der Waals surface area contributed by atoms with E-state index in [0.717, 1.165) is 22.3 Å². The number of thiocarbonyl (C=S) groups is 2. The Kier molecular flexibility index (Phi) is 8.72. The summed E-state index contributed by atoms with van der Waals surface area (Å²) in [5.74, 6) is 0. The molecule has 0 atom stereocenters. The molecular formula is C30H24N8S2. The van der Waals surface area contributed by atoms with Crippen LogP contribution in [-0.4, -0.2) is 33.1 Å². The lowest BCUT2D eigenvalue weighted by atomic mass is 10.00. The zero-order valence-electron chi connectivity index (χ0n) is 21.2. The highest BCUT2D eigenvalue weighted by Crippen LogP contribution is 2.12. The summed E-state index contributed by atoms with van der Waals surface area (Å²) < 4.78 is 0. The molecule has 0 spiro atoms. The molecule has 0 unspecified atom stereocenters. The van der Waals surface area contributed by atoms with E-state index in [0.29, 0.717) is 22.8 Å². The van der Waals surface area contributed by atoms with Gasteiger partial charge in [-0.2, -0.15) is 20.4 Å². The lowest BCUT2D eigenvalue weighted by molar-refractivity contribution is 0.917. The van der Waals surface area contributed by atoms with Gasteiger partial charge in [0.25, 0.3) is 0 Å². The normalized spacial score (nSPS) is 14.5. The molecule has 1 heterocycles. The number of rotatable bonds is 4. The van der Waals surface area contributed by atoms with E-state index in [-0.39, 0.29) is 10.2 Å². The van der Waals surface area contributed by atoms with Crippen LogP contribution in [0.1, 0.15) is 22.3 Å². The van der Waals surface area contributed by atoms with Crippen LogP contribution in [0.4, 0.5) is 0 Å². The minimum atomic E-state index is 0.190. The largest absolute Gasteiger partial charge is 0.252 e. The predicted octanol–water partition coefficient (Wildman–Crippen LogP) is 4.55. The van der Waals surface area contributed by atoms with Crippen molar-refractivity contribution >= 4 is 57.5 Å². The van der Waals surface area contributed by atoms with Crippen LogP contribution in [0, 0.1) is 0 Å². The number of nitrogens with one attached hydrogen (secondary N) is 4. The van der Waals surface area contributed by atoms with Gasteiger partial charge in [-0.25, -0.2) is 0 Å². The van der Waals surface area contributed by atoms with Gasteiger partial charge in [0.1, 0.15) is 22.8 Å². The summed E-state index contributed by atoms with van der Waals surface area (Å²) in [5, 5.41) is 19.0. The molecule has 1 aliphatic heterocycles. The van der Waals surface area contributed by atoms with Crippen LogP contribution in [0.3, 0.4) is 0 Å². The molecule has 4 N–H and O–H groups in total. The number of hydrogen-bond acceptors (Lipinski definition) is 6. The third-order valence-electron chi connectivity index (χ3n) is 5.71. The Labute approximate surface area is 242 Å². The summed E-state index contributed by atoms with van der Waals surface area (Å²) in [5.41, 5.74) is 17.2. The molecule has 0 amide bonds. The second-order valence-electron chi connectivity index (χ2n) is 8.41. The molecule has 196 valence electrons. The summed E-state index contributed by atoms with van der Waals surface area (Å²) in [4.78, 5) is 0. The van der Waals surface area contributed by atoms with Gasteiger partial charge in [-0.3, -0.25) is 21.7 Å². The van der Waals surface area contributed by atoms with E-state index < -0.39 is 0 Å². The molecule has 8 nitrogen and oxygen atoms in total. The third-order valence-corrected chi connectivity index (χ3v) is 6.08. The lowest BCUT2D eigenvalue weighted by Crippen LogP contribution is -2.36. The number of nitrogens with zero attached hydrogens (tertiary/aromatic N) is 4.